The van der Waals surface area contributed by atoms with Gasteiger partial charge in [0.1, 0.15) is 0 Å². The van der Waals surface area contributed by atoms with Gasteiger partial charge in [0.05, 0.1) is 0 Å². The summed E-state index contributed by atoms with van der Waals surface area (Å²) in [7, 11) is 0. The minimum atomic E-state index is 0. The maximum atomic E-state index is 11.7. The Morgan fingerprint density at radius 3 is 3.05 bits per heavy atom. The summed E-state index contributed by atoms with van der Waals surface area (Å²) in [6.45, 7) is 5.03. The van der Waals surface area contributed by atoms with Crippen LogP contribution in [0, 0.1) is 0 Å². The normalized spacial score (nSPS) is 24.3. The highest BCUT2D eigenvalue weighted by molar-refractivity contribution is 5.85. The molecule has 5 heteroatoms. The molecule has 1 aromatic carbocycles. The second-order valence-corrected chi connectivity index (χ2v) is 6.14. The summed E-state index contributed by atoms with van der Waals surface area (Å²) in [5.74, 6) is 0.358. The maximum absolute atomic E-state index is 11.7. The first kappa shape index (κ1) is 14.7. The van der Waals surface area contributed by atoms with Crippen molar-refractivity contribution in [2.24, 2.45) is 0 Å². The van der Waals surface area contributed by atoms with Crippen molar-refractivity contribution in [3.05, 3.63) is 29.3 Å². The van der Waals surface area contributed by atoms with Gasteiger partial charge in [0.2, 0.25) is 5.91 Å². The molecular formula is C16H22ClN3O. The lowest BCUT2D eigenvalue weighted by molar-refractivity contribution is -0.130. The molecule has 1 unspecified atom stereocenters. The average Bonchev–Trinajstić information content (AvgIpc) is 3.07. The van der Waals surface area contributed by atoms with Crippen molar-refractivity contribution in [1.29, 1.82) is 0 Å². The predicted molar refractivity (Wildman–Crippen MR) is 85.9 cm³/mol. The van der Waals surface area contributed by atoms with E-state index in [9.17, 15) is 4.79 Å². The van der Waals surface area contributed by atoms with Gasteiger partial charge in [0.25, 0.3) is 0 Å². The zero-order chi connectivity index (χ0) is 13.5. The molecule has 0 saturated carbocycles. The smallest absolute Gasteiger partial charge is 0.222 e. The Kier molecular flexibility index (Phi) is 4.09. The Morgan fingerprint density at radius 1 is 1.24 bits per heavy atom. The van der Waals surface area contributed by atoms with Gasteiger partial charge in [0.15, 0.2) is 0 Å². The molecule has 2 fully saturated rings. The van der Waals surface area contributed by atoms with Gasteiger partial charge >= 0.3 is 0 Å². The largest absolute Gasteiger partial charge is 0.384 e. The molecule has 3 aliphatic rings. The molecule has 21 heavy (non-hydrogen) atoms. The van der Waals surface area contributed by atoms with E-state index in [1.165, 1.54) is 16.8 Å². The number of carbonyl (C=O) groups excluding carboxylic acids is 1. The average molecular weight is 308 g/mol. The third-order valence-corrected chi connectivity index (χ3v) is 4.91. The van der Waals surface area contributed by atoms with Gasteiger partial charge in [-0.05, 0) is 24.0 Å². The number of amides is 1. The number of nitrogens with zero attached hydrogens (tertiary/aromatic N) is 2. The Morgan fingerprint density at radius 2 is 2.14 bits per heavy atom. The highest BCUT2D eigenvalue weighted by Crippen LogP contribution is 2.29. The zero-order valence-electron chi connectivity index (χ0n) is 12.2. The van der Waals surface area contributed by atoms with Crippen molar-refractivity contribution in [3.8, 4) is 0 Å². The molecule has 114 valence electrons. The predicted octanol–water partition coefficient (Wildman–Crippen LogP) is 1.88. The van der Waals surface area contributed by atoms with Gasteiger partial charge < -0.3 is 10.2 Å². The molecule has 0 bridgehead atoms. The molecule has 3 heterocycles. The van der Waals surface area contributed by atoms with E-state index in [4.69, 9.17) is 0 Å². The van der Waals surface area contributed by atoms with Gasteiger partial charge in [0, 0.05) is 50.9 Å². The summed E-state index contributed by atoms with van der Waals surface area (Å²) in [6, 6.07) is 7.10. The highest BCUT2D eigenvalue weighted by Gasteiger charge is 2.35. The van der Waals surface area contributed by atoms with Crippen LogP contribution in [-0.4, -0.2) is 47.9 Å². The number of piperazine rings is 1. The molecule has 4 nitrogen and oxygen atoms in total. The van der Waals surface area contributed by atoms with Crippen LogP contribution in [0.15, 0.2) is 18.2 Å². The lowest BCUT2D eigenvalue weighted by Gasteiger charge is -2.37. The highest BCUT2D eigenvalue weighted by atomic mass is 35.5. The fraction of sp³-hybridized carbons (Fsp3) is 0.562. The molecule has 1 amide bonds. The molecule has 1 N–H and O–H groups in total. The fourth-order valence-electron chi connectivity index (χ4n) is 3.86. The number of anilines is 1. The first-order chi connectivity index (χ1) is 9.81. The van der Waals surface area contributed by atoms with Crippen LogP contribution in [-0.2, 0) is 17.8 Å². The number of carbonyl (C=O) groups is 1. The summed E-state index contributed by atoms with van der Waals surface area (Å²) in [5.41, 5.74) is 4.23. The van der Waals surface area contributed by atoms with Crippen molar-refractivity contribution in [2.75, 3.05) is 31.5 Å². The van der Waals surface area contributed by atoms with Gasteiger partial charge in [-0.1, -0.05) is 18.2 Å². The number of rotatable bonds is 2. The summed E-state index contributed by atoms with van der Waals surface area (Å²) >= 11 is 0. The Balaban J connectivity index is 0.00000132. The molecule has 4 rings (SSSR count). The summed E-state index contributed by atoms with van der Waals surface area (Å²) < 4.78 is 0. The van der Waals surface area contributed by atoms with Gasteiger partial charge in [-0.2, -0.15) is 0 Å². The molecule has 0 aromatic heterocycles. The topological polar surface area (TPSA) is 35.6 Å². The van der Waals surface area contributed by atoms with E-state index in [0.29, 0.717) is 11.9 Å². The van der Waals surface area contributed by atoms with E-state index in [1.807, 2.05) is 0 Å². The molecular weight excluding hydrogens is 286 g/mol. The molecule has 0 spiro atoms. The SMILES string of the molecule is Cl.O=C1CCC2CN(Cc3cccc4c3NCC4)CCN12. The van der Waals surface area contributed by atoms with Crippen LogP contribution in [0.3, 0.4) is 0 Å². The van der Waals surface area contributed by atoms with Gasteiger partial charge in [-0.25, -0.2) is 0 Å². The summed E-state index contributed by atoms with van der Waals surface area (Å²) in [6.07, 6.45) is 2.94. The van der Waals surface area contributed by atoms with E-state index in [2.05, 4.69) is 33.3 Å². The van der Waals surface area contributed by atoms with E-state index >= 15 is 0 Å². The first-order valence-electron chi connectivity index (χ1n) is 7.68. The number of hydrogen-bond acceptors (Lipinski definition) is 3. The number of benzene rings is 1. The standard InChI is InChI=1S/C16H21N3O.ClH/c20-15-5-4-14-11-18(8-9-19(14)15)10-13-3-1-2-12-6-7-17-16(12)13;/h1-3,14,17H,4-11H2;1H. The van der Waals surface area contributed by atoms with Crippen molar-refractivity contribution in [1.82, 2.24) is 9.80 Å². The van der Waals surface area contributed by atoms with Crippen molar-refractivity contribution in [3.63, 3.8) is 0 Å². The molecule has 0 radical (unpaired) electrons. The lowest BCUT2D eigenvalue weighted by atomic mass is 10.1. The van der Waals surface area contributed by atoms with Crippen molar-refractivity contribution < 1.29 is 4.79 Å². The van der Waals surface area contributed by atoms with E-state index in [-0.39, 0.29) is 12.4 Å². The van der Waals surface area contributed by atoms with Crippen LogP contribution >= 0.6 is 12.4 Å². The molecule has 2 saturated heterocycles. The fourth-order valence-corrected chi connectivity index (χ4v) is 3.86. The van der Waals surface area contributed by atoms with Crippen LogP contribution in [0.2, 0.25) is 0 Å². The van der Waals surface area contributed by atoms with Crippen LogP contribution in [0.1, 0.15) is 24.0 Å². The van der Waals surface area contributed by atoms with E-state index in [1.54, 1.807) is 0 Å². The number of para-hydroxylation sites is 1. The quantitative estimate of drug-likeness (QED) is 0.906. The number of hydrogen-bond donors (Lipinski definition) is 1. The summed E-state index contributed by atoms with van der Waals surface area (Å²) in [4.78, 5) is 16.3. The van der Waals surface area contributed by atoms with Crippen molar-refractivity contribution >= 4 is 24.0 Å². The van der Waals surface area contributed by atoms with Crippen molar-refractivity contribution in [2.45, 2.75) is 31.8 Å². The first-order valence-corrected chi connectivity index (χ1v) is 7.68. The van der Waals surface area contributed by atoms with E-state index in [0.717, 1.165) is 52.0 Å². The number of fused-ring (bicyclic) bond motifs is 2. The van der Waals surface area contributed by atoms with Gasteiger partial charge in [-0.15, -0.1) is 12.4 Å². The minimum Gasteiger partial charge on any atom is -0.384 e. The molecule has 1 aromatic rings. The Bertz CT molecular complexity index is 548. The second kappa shape index (κ2) is 5.85. The number of halogens is 1. The van der Waals surface area contributed by atoms with E-state index < -0.39 is 0 Å². The minimum absolute atomic E-state index is 0. The molecule has 3 aliphatic heterocycles. The third-order valence-electron chi connectivity index (χ3n) is 4.91. The Hall–Kier alpha value is -1.26. The summed E-state index contributed by atoms with van der Waals surface area (Å²) in [5, 5.41) is 3.52. The molecule has 1 atom stereocenters. The van der Waals surface area contributed by atoms with Crippen LogP contribution in [0.4, 0.5) is 5.69 Å². The number of nitrogens with one attached hydrogen (secondary N) is 1. The van der Waals surface area contributed by atoms with Crippen LogP contribution < -0.4 is 5.32 Å². The second-order valence-electron chi connectivity index (χ2n) is 6.14. The van der Waals surface area contributed by atoms with Crippen LogP contribution in [0.25, 0.3) is 0 Å². The zero-order valence-corrected chi connectivity index (χ0v) is 13.0. The third kappa shape index (κ3) is 2.62. The molecule has 0 aliphatic carbocycles. The van der Waals surface area contributed by atoms with Gasteiger partial charge in [-0.3, -0.25) is 9.69 Å². The monoisotopic (exact) mass is 307 g/mol. The Labute approximate surface area is 131 Å². The lowest BCUT2D eigenvalue weighted by Crippen LogP contribution is -2.50. The van der Waals surface area contributed by atoms with Crippen LogP contribution in [0.5, 0.6) is 0 Å². The maximum Gasteiger partial charge on any atom is 0.222 e.